The van der Waals surface area contributed by atoms with E-state index in [0.29, 0.717) is 5.69 Å². The third-order valence-electron chi connectivity index (χ3n) is 1.79. The SMILES string of the molecule is Cc1nnnn1-c1ccccc1N. The molecule has 0 radical (unpaired) electrons. The van der Waals surface area contributed by atoms with E-state index in [4.69, 9.17) is 5.73 Å². The molecule has 13 heavy (non-hydrogen) atoms. The maximum Gasteiger partial charge on any atom is 0.153 e. The molecule has 0 atom stereocenters. The first kappa shape index (κ1) is 7.72. The molecule has 2 rings (SSSR count). The number of benzene rings is 1. The van der Waals surface area contributed by atoms with Crippen molar-refractivity contribution in [2.24, 2.45) is 0 Å². The largest absolute Gasteiger partial charge is 0.397 e. The van der Waals surface area contributed by atoms with E-state index >= 15 is 0 Å². The molecule has 0 aliphatic rings. The van der Waals surface area contributed by atoms with Crippen LogP contribution in [0.3, 0.4) is 0 Å². The fraction of sp³-hybridized carbons (Fsp3) is 0.125. The van der Waals surface area contributed by atoms with Crippen LogP contribution in [0.25, 0.3) is 5.69 Å². The average Bonchev–Trinajstić information content (AvgIpc) is 2.52. The fourth-order valence-electron chi connectivity index (χ4n) is 1.13. The van der Waals surface area contributed by atoms with Crippen molar-refractivity contribution in [3.8, 4) is 5.69 Å². The molecule has 0 saturated heterocycles. The predicted molar refractivity (Wildman–Crippen MR) is 48.3 cm³/mol. The zero-order chi connectivity index (χ0) is 9.26. The molecule has 2 N–H and O–H groups in total. The van der Waals surface area contributed by atoms with Gasteiger partial charge in [-0.05, 0) is 29.5 Å². The number of nitrogen functional groups attached to an aromatic ring is 1. The van der Waals surface area contributed by atoms with Crippen molar-refractivity contribution in [2.75, 3.05) is 5.73 Å². The summed E-state index contributed by atoms with van der Waals surface area (Å²) in [7, 11) is 0. The standard InChI is InChI=1S/C8H9N5/c1-6-10-11-12-13(6)8-5-3-2-4-7(8)9/h2-5H,9H2,1H3. The number of nitrogens with two attached hydrogens (primary N) is 1. The third-order valence-corrected chi connectivity index (χ3v) is 1.79. The number of para-hydroxylation sites is 2. The molecule has 2 aromatic rings. The molecule has 0 fully saturated rings. The maximum atomic E-state index is 5.76. The van der Waals surface area contributed by atoms with Gasteiger partial charge < -0.3 is 5.73 Å². The van der Waals surface area contributed by atoms with Crippen molar-refractivity contribution in [2.45, 2.75) is 6.92 Å². The summed E-state index contributed by atoms with van der Waals surface area (Å²) in [5, 5.41) is 11.1. The van der Waals surface area contributed by atoms with Crippen molar-refractivity contribution in [1.29, 1.82) is 0 Å². The van der Waals surface area contributed by atoms with Crippen LogP contribution in [0.4, 0.5) is 5.69 Å². The molecule has 0 saturated carbocycles. The highest BCUT2D eigenvalue weighted by Gasteiger charge is 2.05. The summed E-state index contributed by atoms with van der Waals surface area (Å²) >= 11 is 0. The van der Waals surface area contributed by atoms with E-state index in [1.54, 1.807) is 4.68 Å². The van der Waals surface area contributed by atoms with Crippen LogP contribution in [0, 0.1) is 6.92 Å². The molecule has 0 bridgehead atoms. The second-order valence-electron chi connectivity index (χ2n) is 2.70. The van der Waals surface area contributed by atoms with Crippen LogP contribution in [-0.4, -0.2) is 20.2 Å². The van der Waals surface area contributed by atoms with Gasteiger partial charge in [-0.2, -0.15) is 4.68 Å². The lowest BCUT2D eigenvalue weighted by Gasteiger charge is -2.03. The first-order chi connectivity index (χ1) is 6.29. The Kier molecular flexibility index (Phi) is 1.70. The summed E-state index contributed by atoms with van der Waals surface area (Å²) < 4.78 is 1.61. The number of hydrogen-bond acceptors (Lipinski definition) is 4. The van der Waals surface area contributed by atoms with Crippen LogP contribution < -0.4 is 5.73 Å². The molecule has 0 unspecified atom stereocenters. The van der Waals surface area contributed by atoms with E-state index in [1.165, 1.54) is 0 Å². The van der Waals surface area contributed by atoms with Crippen molar-refractivity contribution in [3.63, 3.8) is 0 Å². The first-order valence-electron chi connectivity index (χ1n) is 3.89. The van der Waals surface area contributed by atoms with Gasteiger partial charge in [-0.1, -0.05) is 12.1 Å². The molecule has 5 nitrogen and oxygen atoms in total. The number of aromatic nitrogens is 4. The molecule has 1 aromatic carbocycles. The molecule has 1 aromatic heterocycles. The number of rotatable bonds is 1. The van der Waals surface area contributed by atoms with Crippen LogP contribution in [0.1, 0.15) is 5.82 Å². The predicted octanol–water partition coefficient (Wildman–Crippen LogP) is 0.553. The van der Waals surface area contributed by atoms with Crippen LogP contribution in [-0.2, 0) is 0 Å². The molecule has 66 valence electrons. The minimum absolute atomic E-state index is 0.665. The summed E-state index contributed by atoms with van der Waals surface area (Å²) in [6.45, 7) is 1.83. The Balaban J connectivity index is 2.59. The average molecular weight is 175 g/mol. The van der Waals surface area contributed by atoms with Crippen LogP contribution in [0.15, 0.2) is 24.3 Å². The van der Waals surface area contributed by atoms with E-state index in [-0.39, 0.29) is 0 Å². The van der Waals surface area contributed by atoms with Crippen molar-refractivity contribution < 1.29 is 0 Å². The van der Waals surface area contributed by atoms with Crippen molar-refractivity contribution in [3.05, 3.63) is 30.1 Å². The Morgan fingerprint density at radius 1 is 1.31 bits per heavy atom. The Morgan fingerprint density at radius 2 is 2.08 bits per heavy atom. The van der Waals surface area contributed by atoms with Crippen molar-refractivity contribution >= 4 is 5.69 Å². The van der Waals surface area contributed by atoms with Crippen molar-refractivity contribution in [1.82, 2.24) is 20.2 Å². The molecule has 0 aliphatic carbocycles. The Hall–Kier alpha value is -1.91. The lowest BCUT2D eigenvalue weighted by atomic mass is 10.3. The maximum absolute atomic E-state index is 5.76. The van der Waals surface area contributed by atoms with E-state index in [2.05, 4.69) is 15.5 Å². The number of tetrazole rings is 1. The van der Waals surface area contributed by atoms with E-state index < -0.39 is 0 Å². The molecule has 0 amide bonds. The summed E-state index contributed by atoms with van der Waals surface area (Å²) in [4.78, 5) is 0. The molecule has 5 heteroatoms. The molecule has 0 aliphatic heterocycles. The number of hydrogen-bond donors (Lipinski definition) is 1. The van der Waals surface area contributed by atoms with Gasteiger partial charge in [-0.15, -0.1) is 5.10 Å². The second-order valence-corrected chi connectivity index (χ2v) is 2.70. The second kappa shape index (κ2) is 2.85. The number of nitrogens with zero attached hydrogens (tertiary/aromatic N) is 4. The third kappa shape index (κ3) is 1.24. The lowest BCUT2D eigenvalue weighted by molar-refractivity contribution is 0.781. The lowest BCUT2D eigenvalue weighted by Crippen LogP contribution is -2.03. The van der Waals surface area contributed by atoms with Crippen LogP contribution in [0.5, 0.6) is 0 Å². The van der Waals surface area contributed by atoms with Gasteiger partial charge in [0.05, 0.1) is 11.4 Å². The van der Waals surface area contributed by atoms with Gasteiger partial charge in [-0.25, -0.2) is 0 Å². The smallest absolute Gasteiger partial charge is 0.153 e. The van der Waals surface area contributed by atoms with E-state index in [0.717, 1.165) is 11.5 Å². The molecular weight excluding hydrogens is 166 g/mol. The minimum Gasteiger partial charge on any atom is -0.397 e. The summed E-state index contributed by atoms with van der Waals surface area (Å²) in [5.41, 5.74) is 7.24. The zero-order valence-electron chi connectivity index (χ0n) is 7.18. The Morgan fingerprint density at radius 3 is 2.69 bits per heavy atom. The minimum atomic E-state index is 0.665. The topological polar surface area (TPSA) is 69.6 Å². The normalized spacial score (nSPS) is 10.2. The molecular formula is C8H9N5. The zero-order valence-corrected chi connectivity index (χ0v) is 7.18. The fourth-order valence-corrected chi connectivity index (χ4v) is 1.13. The Bertz CT molecular complexity index is 420. The summed E-state index contributed by atoms with van der Waals surface area (Å²) in [6.07, 6.45) is 0. The van der Waals surface area contributed by atoms with Gasteiger partial charge in [0.25, 0.3) is 0 Å². The van der Waals surface area contributed by atoms with Gasteiger partial charge in [0, 0.05) is 0 Å². The van der Waals surface area contributed by atoms with E-state index in [9.17, 15) is 0 Å². The van der Waals surface area contributed by atoms with Gasteiger partial charge in [-0.3, -0.25) is 0 Å². The van der Waals surface area contributed by atoms with Gasteiger partial charge in [0.2, 0.25) is 0 Å². The summed E-state index contributed by atoms with van der Waals surface area (Å²) in [6, 6.07) is 7.46. The quantitative estimate of drug-likeness (QED) is 0.642. The van der Waals surface area contributed by atoms with Crippen LogP contribution >= 0.6 is 0 Å². The van der Waals surface area contributed by atoms with Gasteiger partial charge >= 0.3 is 0 Å². The van der Waals surface area contributed by atoms with Crippen LogP contribution in [0.2, 0.25) is 0 Å². The van der Waals surface area contributed by atoms with Gasteiger partial charge in [0.1, 0.15) is 0 Å². The highest BCUT2D eigenvalue weighted by Crippen LogP contribution is 2.15. The number of anilines is 1. The Labute approximate surface area is 75.2 Å². The highest BCUT2D eigenvalue weighted by atomic mass is 15.5. The highest BCUT2D eigenvalue weighted by molar-refractivity contribution is 5.56. The monoisotopic (exact) mass is 175 g/mol. The van der Waals surface area contributed by atoms with Gasteiger partial charge in [0.15, 0.2) is 5.82 Å². The molecule has 0 spiro atoms. The van der Waals surface area contributed by atoms with E-state index in [1.807, 2.05) is 31.2 Å². The first-order valence-corrected chi connectivity index (χ1v) is 3.89. The summed E-state index contributed by atoms with van der Waals surface area (Å²) in [5.74, 6) is 0.720. The molecule has 1 heterocycles. The number of aryl methyl sites for hydroxylation is 1.